The Morgan fingerprint density at radius 2 is 2.18 bits per heavy atom. The van der Waals surface area contributed by atoms with Crippen LogP contribution in [-0.2, 0) is 20.8 Å². The number of amides is 1. The molecule has 0 spiro atoms. The summed E-state index contributed by atoms with van der Waals surface area (Å²) in [6.07, 6.45) is 7.73. The van der Waals surface area contributed by atoms with E-state index in [-0.39, 0.29) is 18.0 Å². The fourth-order valence-corrected chi connectivity index (χ4v) is 3.94. The molecule has 0 unspecified atom stereocenters. The van der Waals surface area contributed by atoms with Gasteiger partial charge in [0, 0.05) is 31.7 Å². The Balaban J connectivity index is 1.34. The Kier molecular flexibility index (Phi) is 7.85. The van der Waals surface area contributed by atoms with Crippen molar-refractivity contribution < 1.29 is 19.1 Å². The van der Waals surface area contributed by atoms with Crippen molar-refractivity contribution in [1.82, 2.24) is 20.4 Å². The van der Waals surface area contributed by atoms with Gasteiger partial charge in [-0.05, 0) is 58.0 Å². The first-order chi connectivity index (χ1) is 13.7. The topological polar surface area (TPSA) is 96.6 Å². The highest BCUT2D eigenvalue weighted by atomic mass is 16.5. The van der Waals surface area contributed by atoms with Crippen molar-refractivity contribution in [1.29, 1.82) is 0 Å². The van der Waals surface area contributed by atoms with E-state index in [4.69, 9.17) is 9.47 Å². The van der Waals surface area contributed by atoms with Crippen LogP contribution in [0.25, 0.3) is 0 Å². The Labute approximate surface area is 166 Å². The summed E-state index contributed by atoms with van der Waals surface area (Å²) in [6.45, 7) is 6.24. The van der Waals surface area contributed by atoms with Crippen molar-refractivity contribution in [2.24, 2.45) is 5.92 Å². The highest BCUT2D eigenvalue weighted by Crippen LogP contribution is 2.23. The summed E-state index contributed by atoms with van der Waals surface area (Å²) in [5.74, 6) is 0.368. The van der Waals surface area contributed by atoms with Crippen molar-refractivity contribution in [2.75, 3.05) is 32.8 Å². The first-order valence-electron chi connectivity index (χ1n) is 10.5. The molecule has 156 valence electrons. The molecule has 0 radical (unpaired) electrons. The van der Waals surface area contributed by atoms with Gasteiger partial charge in [0.2, 0.25) is 5.91 Å². The lowest BCUT2D eigenvalue weighted by Crippen LogP contribution is -2.35. The second kappa shape index (κ2) is 10.6. The molecule has 1 atom stereocenters. The molecule has 1 aromatic rings. The van der Waals surface area contributed by atoms with Gasteiger partial charge in [-0.15, -0.1) is 0 Å². The van der Waals surface area contributed by atoms with Crippen LogP contribution >= 0.6 is 0 Å². The van der Waals surface area contributed by atoms with E-state index in [1.54, 1.807) is 13.1 Å². The summed E-state index contributed by atoms with van der Waals surface area (Å²) < 4.78 is 10.6. The minimum Gasteiger partial charge on any atom is -0.461 e. The standard InChI is InChI=1S/C20H32N4O4/c1-2-27-20(26)19-16(12-22-23-19)14-24-9-7-15(8-10-24)5-6-18(25)21-13-17-4-3-11-28-17/h12,15,17H,2-11,13-14H2,1H3,(H,21,25)(H,22,23)/t17-/m1/s1. The maximum atomic E-state index is 12.0. The zero-order chi connectivity index (χ0) is 19.8. The van der Waals surface area contributed by atoms with Gasteiger partial charge >= 0.3 is 5.97 Å². The quantitative estimate of drug-likeness (QED) is 0.623. The maximum Gasteiger partial charge on any atom is 0.356 e. The molecular weight excluding hydrogens is 360 g/mol. The van der Waals surface area contributed by atoms with Crippen LogP contribution in [0, 0.1) is 5.92 Å². The fourth-order valence-electron chi connectivity index (χ4n) is 3.94. The molecule has 2 N–H and O–H groups in total. The van der Waals surface area contributed by atoms with Crippen molar-refractivity contribution in [2.45, 2.75) is 58.1 Å². The fraction of sp³-hybridized carbons (Fsp3) is 0.750. The zero-order valence-corrected chi connectivity index (χ0v) is 16.7. The maximum absolute atomic E-state index is 12.0. The molecule has 0 aliphatic carbocycles. The third-order valence-electron chi connectivity index (χ3n) is 5.63. The molecule has 2 aliphatic heterocycles. The highest BCUT2D eigenvalue weighted by Gasteiger charge is 2.23. The first-order valence-corrected chi connectivity index (χ1v) is 10.5. The monoisotopic (exact) mass is 392 g/mol. The number of carbonyl (C=O) groups is 2. The van der Waals surface area contributed by atoms with Crippen LogP contribution in [0.1, 0.15) is 61.5 Å². The summed E-state index contributed by atoms with van der Waals surface area (Å²) in [6, 6.07) is 0. The van der Waals surface area contributed by atoms with Gasteiger partial charge in [0.25, 0.3) is 0 Å². The molecule has 1 aromatic heterocycles. The molecule has 2 aliphatic rings. The number of rotatable bonds is 9. The number of likely N-dealkylation sites (tertiary alicyclic amines) is 1. The third kappa shape index (κ3) is 6.04. The normalized spacial score (nSPS) is 21.0. The SMILES string of the molecule is CCOC(=O)c1[nH]ncc1CN1CCC(CCC(=O)NC[C@H]2CCCO2)CC1. The second-order valence-corrected chi connectivity index (χ2v) is 7.69. The van der Waals surface area contributed by atoms with E-state index in [0.29, 0.717) is 37.7 Å². The predicted octanol–water partition coefficient (Wildman–Crippen LogP) is 1.87. The van der Waals surface area contributed by atoms with E-state index < -0.39 is 0 Å². The van der Waals surface area contributed by atoms with E-state index in [0.717, 1.165) is 57.4 Å². The number of aromatic nitrogens is 2. The summed E-state index contributed by atoms with van der Waals surface area (Å²) in [5, 5.41) is 9.75. The molecule has 0 saturated carbocycles. The van der Waals surface area contributed by atoms with E-state index >= 15 is 0 Å². The lowest BCUT2D eigenvalue weighted by Gasteiger charge is -2.31. The number of nitrogens with zero attached hydrogens (tertiary/aromatic N) is 2. The van der Waals surface area contributed by atoms with Gasteiger partial charge in [-0.3, -0.25) is 14.8 Å². The number of ether oxygens (including phenoxy) is 2. The Hall–Kier alpha value is -1.93. The number of aromatic amines is 1. The lowest BCUT2D eigenvalue weighted by molar-refractivity contribution is -0.122. The van der Waals surface area contributed by atoms with Crippen LogP contribution in [0.3, 0.4) is 0 Å². The number of hydrogen-bond donors (Lipinski definition) is 2. The van der Waals surface area contributed by atoms with Crippen molar-refractivity contribution >= 4 is 11.9 Å². The van der Waals surface area contributed by atoms with Crippen molar-refractivity contribution in [3.63, 3.8) is 0 Å². The number of esters is 1. The number of hydrogen-bond acceptors (Lipinski definition) is 6. The summed E-state index contributed by atoms with van der Waals surface area (Å²) in [7, 11) is 0. The summed E-state index contributed by atoms with van der Waals surface area (Å²) in [5.41, 5.74) is 1.33. The van der Waals surface area contributed by atoms with Gasteiger partial charge in [0.1, 0.15) is 5.69 Å². The zero-order valence-electron chi connectivity index (χ0n) is 16.7. The Morgan fingerprint density at radius 1 is 1.36 bits per heavy atom. The second-order valence-electron chi connectivity index (χ2n) is 7.69. The Bertz CT molecular complexity index is 634. The highest BCUT2D eigenvalue weighted by molar-refractivity contribution is 5.88. The van der Waals surface area contributed by atoms with Crippen LogP contribution < -0.4 is 5.32 Å². The van der Waals surface area contributed by atoms with Gasteiger partial charge in [-0.1, -0.05) is 0 Å². The summed E-state index contributed by atoms with van der Waals surface area (Å²) >= 11 is 0. The number of carbonyl (C=O) groups excluding carboxylic acids is 2. The van der Waals surface area contributed by atoms with Gasteiger partial charge in [0.15, 0.2) is 0 Å². The average molecular weight is 393 g/mol. The van der Waals surface area contributed by atoms with Gasteiger partial charge in [-0.2, -0.15) is 5.10 Å². The molecule has 0 aromatic carbocycles. The largest absolute Gasteiger partial charge is 0.461 e. The number of piperidine rings is 1. The van der Waals surface area contributed by atoms with Crippen LogP contribution in [0.2, 0.25) is 0 Å². The van der Waals surface area contributed by atoms with Crippen LogP contribution in [-0.4, -0.2) is 65.9 Å². The van der Waals surface area contributed by atoms with Crippen LogP contribution in [0.5, 0.6) is 0 Å². The number of nitrogens with one attached hydrogen (secondary N) is 2. The van der Waals surface area contributed by atoms with E-state index in [1.807, 2.05) is 0 Å². The van der Waals surface area contributed by atoms with Crippen LogP contribution in [0.15, 0.2) is 6.20 Å². The molecule has 28 heavy (non-hydrogen) atoms. The van der Waals surface area contributed by atoms with Crippen molar-refractivity contribution in [3.8, 4) is 0 Å². The van der Waals surface area contributed by atoms with Gasteiger partial charge in [0.05, 0.1) is 18.9 Å². The molecule has 0 bridgehead atoms. The summed E-state index contributed by atoms with van der Waals surface area (Å²) in [4.78, 5) is 26.3. The van der Waals surface area contributed by atoms with Crippen LogP contribution in [0.4, 0.5) is 0 Å². The van der Waals surface area contributed by atoms with E-state index in [1.165, 1.54) is 0 Å². The van der Waals surface area contributed by atoms with E-state index in [2.05, 4.69) is 20.4 Å². The molecule has 8 heteroatoms. The molecule has 2 saturated heterocycles. The van der Waals surface area contributed by atoms with Gasteiger partial charge in [-0.25, -0.2) is 4.79 Å². The van der Waals surface area contributed by atoms with Gasteiger partial charge < -0.3 is 14.8 Å². The average Bonchev–Trinajstić information content (AvgIpc) is 3.38. The molecule has 8 nitrogen and oxygen atoms in total. The Morgan fingerprint density at radius 3 is 2.89 bits per heavy atom. The number of H-pyrrole nitrogens is 1. The smallest absolute Gasteiger partial charge is 0.356 e. The molecule has 3 heterocycles. The molecular formula is C20H32N4O4. The molecule has 1 amide bonds. The molecule has 2 fully saturated rings. The predicted molar refractivity (Wildman–Crippen MR) is 104 cm³/mol. The minimum absolute atomic E-state index is 0.135. The lowest BCUT2D eigenvalue weighted by atomic mass is 9.92. The van der Waals surface area contributed by atoms with Crippen molar-refractivity contribution in [3.05, 3.63) is 17.5 Å². The third-order valence-corrected chi connectivity index (χ3v) is 5.63. The molecule has 3 rings (SSSR count). The minimum atomic E-state index is -0.348. The van der Waals surface area contributed by atoms with E-state index in [9.17, 15) is 9.59 Å². The first kappa shape index (κ1) is 20.8.